The van der Waals surface area contributed by atoms with Gasteiger partial charge < -0.3 is 5.73 Å². The third kappa shape index (κ3) is 2.92. The first-order chi connectivity index (χ1) is 7.80. The monoisotopic (exact) mass is 287 g/mol. The van der Waals surface area contributed by atoms with Crippen LogP contribution >= 0.6 is 12.4 Å². The molecule has 0 heterocycles. The fourth-order valence-electron chi connectivity index (χ4n) is 1.74. The normalized spacial score (nSPS) is 17.2. The first-order valence-corrected chi connectivity index (χ1v) is 5.12. The third-order valence-corrected chi connectivity index (χ3v) is 2.88. The maximum Gasteiger partial charge on any atom is 0.419 e. The number of hydrogen-bond acceptors (Lipinski definition) is 1. The molecule has 0 radical (unpaired) electrons. The highest BCUT2D eigenvalue weighted by Crippen LogP contribution is 2.41. The summed E-state index contributed by atoms with van der Waals surface area (Å²) in [5, 5.41) is 0. The summed E-state index contributed by atoms with van der Waals surface area (Å²) >= 11 is 0. The first-order valence-electron chi connectivity index (χ1n) is 5.12. The van der Waals surface area contributed by atoms with E-state index < -0.39 is 29.4 Å². The number of nitrogens with two attached hydrogens (primary N) is 1. The fourth-order valence-corrected chi connectivity index (χ4v) is 1.74. The van der Waals surface area contributed by atoms with Gasteiger partial charge in [-0.3, -0.25) is 0 Å². The lowest BCUT2D eigenvalue weighted by atomic mass is 10.0. The molecular formula is C11H11ClF5N. The minimum Gasteiger partial charge on any atom is -0.324 e. The number of halogens is 6. The summed E-state index contributed by atoms with van der Waals surface area (Å²) in [7, 11) is 0. The Morgan fingerprint density at radius 2 is 1.67 bits per heavy atom. The maximum atomic E-state index is 13.5. The zero-order chi connectivity index (χ0) is 12.8. The summed E-state index contributed by atoms with van der Waals surface area (Å²) in [6.07, 6.45) is -3.31. The van der Waals surface area contributed by atoms with Gasteiger partial charge in [-0.15, -0.1) is 12.4 Å². The van der Waals surface area contributed by atoms with Crippen LogP contribution in [0.1, 0.15) is 30.0 Å². The number of benzene rings is 1. The fraction of sp³-hybridized carbons (Fsp3) is 0.455. The summed E-state index contributed by atoms with van der Waals surface area (Å²) in [5.74, 6) is -2.54. The predicted molar refractivity (Wildman–Crippen MR) is 58.3 cm³/mol. The highest BCUT2D eigenvalue weighted by molar-refractivity contribution is 5.85. The van der Waals surface area contributed by atoms with Crippen molar-refractivity contribution >= 4 is 12.4 Å². The van der Waals surface area contributed by atoms with Crippen LogP contribution in [-0.4, -0.2) is 0 Å². The van der Waals surface area contributed by atoms with Crippen LogP contribution in [0, 0.1) is 17.6 Å². The maximum absolute atomic E-state index is 13.5. The molecule has 1 aliphatic rings. The molecule has 1 aliphatic carbocycles. The molecule has 1 atom stereocenters. The van der Waals surface area contributed by atoms with E-state index in [9.17, 15) is 22.0 Å². The molecule has 7 heteroatoms. The second-order valence-electron chi connectivity index (χ2n) is 4.21. The smallest absolute Gasteiger partial charge is 0.324 e. The lowest BCUT2D eigenvalue weighted by Gasteiger charge is -2.15. The Bertz CT molecular complexity index is 442. The predicted octanol–water partition coefficient (Wildman–Crippen LogP) is 3.82. The summed E-state index contributed by atoms with van der Waals surface area (Å²) in [6, 6.07) is 0.000378. The van der Waals surface area contributed by atoms with Gasteiger partial charge in [0, 0.05) is 11.6 Å². The zero-order valence-corrected chi connectivity index (χ0v) is 9.92. The quantitative estimate of drug-likeness (QED) is 0.822. The van der Waals surface area contributed by atoms with E-state index >= 15 is 0 Å². The second-order valence-corrected chi connectivity index (χ2v) is 4.21. The van der Waals surface area contributed by atoms with Crippen molar-refractivity contribution in [3.8, 4) is 0 Å². The van der Waals surface area contributed by atoms with Crippen LogP contribution < -0.4 is 5.73 Å². The SMILES string of the molecule is Cl.NC(c1cc(F)c(C(F)(F)F)cc1F)C1CC1. The molecule has 102 valence electrons. The van der Waals surface area contributed by atoms with Crippen LogP contribution in [0.15, 0.2) is 12.1 Å². The molecule has 2 rings (SSSR count). The van der Waals surface area contributed by atoms with Crippen molar-refractivity contribution in [2.75, 3.05) is 0 Å². The van der Waals surface area contributed by atoms with Crippen LogP contribution in [0.2, 0.25) is 0 Å². The van der Waals surface area contributed by atoms with Crippen LogP contribution in [0.5, 0.6) is 0 Å². The summed E-state index contributed by atoms with van der Waals surface area (Å²) in [6.45, 7) is 0. The molecule has 1 aromatic carbocycles. The number of alkyl halides is 3. The van der Waals surface area contributed by atoms with Crippen LogP contribution in [0.3, 0.4) is 0 Å². The van der Waals surface area contributed by atoms with Gasteiger partial charge in [-0.05, 0) is 30.9 Å². The summed E-state index contributed by atoms with van der Waals surface area (Å²) in [5.41, 5.74) is 3.86. The molecule has 1 unspecified atom stereocenters. The summed E-state index contributed by atoms with van der Waals surface area (Å²) < 4.78 is 63.6. The van der Waals surface area contributed by atoms with Gasteiger partial charge in [0.1, 0.15) is 11.6 Å². The Kier molecular flexibility index (Phi) is 4.23. The van der Waals surface area contributed by atoms with Crippen LogP contribution in [0.25, 0.3) is 0 Å². The number of rotatable bonds is 2. The largest absolute Gasteiger partial charge is 0.419 e. The molecule has 0 bridgehead atoms. The van der Waals surface area contributed by atoms with E-state index in [4.69, 9.17) is 5.73 Å². The van der Waals surface area contributed by atoms with Gasteiger partial charge >= 0.3 is 6.18 Å². The van der Waals surface area contributed by atoms with E-state index in [-0.39, 0.29) is 30.0 Å². The molecule has 18 heavy (non-hydrogen) atoms. The van der Waals surface area contributed by atoms with Gasteiger partial charge in [-0.1, -0.05) is 0 Å². The molecule has 0 saturated heterocycles. The van der Waals surface area contributed by atoms with Crippen molar-refractivity contribution in [2.45, 2.75) is 25.1 Å². The van der Waals surface area contributed by atoms with Gasteiger partial charge in [-0.25, -0.2) is 8.78 Å². The first kappa shape index (κ1) is 15.2. The van der Waals surface area contributed by atoms with Gasteiger partial charge in [-0.2, -0.15) is 13.2 Å². The Morgan fingerprint density at radius 3 is 2.11 bits per heavy atom. The van der Waals surface area contributed by atoms with E-state index in [0.717, 1.165) is 12.8 Å². The van der Waals surface area contributed by atoms with E-state index in [1.807, 2.05) is 0 Å². The average Bonchev–Trinajstić information content (AvgIpc) is 3.01. The van der Waals surface area contributed by atoms with Crippen LogP contribution in [-0.2, 0) is 6.18 Å². The van der Waals surface area contributed by atoms with Crippen molar-refractivity contribution in [1.29, 1.82) is 0 Å². The highest BCUT2D eigenvalue weighted by Gasteiger charge is 2.37. The van der Waals surface area contributed by atoms with Gasteiger partial charge in [0.15, 0.2) is 0 Å². The highest BCUT2D eigenvalue weighted by atomic mass is 35.5. The molecular weight excluding hydrogens is 277 g/mol. The van der Waals surface area contributed by atoms with E-state index in [1.54, 1.807) is 0 Å². The molecule has 0 aliphatic heterocycles. The lowest BCUT2D eigenvalue weighted by Crippen LogP contribution is -2.17. The van der Waals surface area contributed by atoms with Crippen molar-refractivity contribution < 1.29 is 22.0 Å². The Labute approximate surface area is 107 Å². The Balaban J connectivity index is 0.00000162. The molecule has 0 amide bonds. The van der Waals surface area contributed by atoms with Crippen molar-refractivity contribution in [3.63, 3.8) is 0 Å². The second kappa shape index (κ2) is 5.01. The van der Waals surface area contributed by atoms with Gasteiger partial charge in [0.05, 0.1) is 5.56 Å². The van der Waals surface area contributed by atoms with Crippen molar-refractivity contribution in [2.24, 2.45) is 11.7 Å². The van der Waals surface area contributed by atoms with Crippen LogP contribution in [0.4, 0.5) is 22.0 Å². The minimum absolute atomic E-state index is 0. The molecule has 2 N–H and O–H groups in total. The zero-order valence-electron chi connectivity index (χ0n) is 9.10. The molecule has 0 spiro atoms. The Morgan fingerprint density at radius 1 is 1.11 bits per heavy atom. The molecule has 1 fully saturated rings. The third-order valence-electron chi connectivity index (χ3n) is 2.88. The summed E-state index contributed by atoms with van der Waals surface area (Å²) in [4.78, 5) is 0. The van der Waals surface area contributed by atoms with Crippen molar-refractivity contribution in [3.05, 3.63) is 34.9 Å². The minimum atomic E-state index is -4.90. The lowest BCUT2D eigenvalue weighted by molar-refractivity contribution is -0.140. The molecule has 1 nitrogen and oxygen atoms in total. The van der Waals surface area contributed by atoms with E-state index in [2.05, 4.69) is 0 Å². The molecule has 0 aromatic heterocycles. The van der Waals surface area contributed by atoms with E-state index in [1.165, 1.54) is 0 Å². The molecule has 1 aromatic rings. The van der Waals surface area contributed by atoms with Gasteiger partial charge in [0.25, 0.3) is 0 Å². The number of hydrogen-bond donors (Lipinski definition) is 1. The van der Waals surface area contributed by atoms with Crippen molar-refractivity contribution in [1.82, 2.24) is 0 Å². The standard InChI is InChI=1S/C11H10F5N.ClH/c12-8-4-7(11(14,15)16)9(13)3-6(8)10(17)5-1-2-5;/h3-5,10H,1-2,17H2;1H. The molecule has 1 saturated carbocycles. The Hall–Kier alpha value is -0.880. The van der Waals surface area contributed by atoms with Gasteiger partial charge in [0.2, 0.25) is 0 Å². The van der Waals surface area contributed by atoms with E-state index in [0.29, 0.717) is 6.07 Å². The average molecular weight is 288 g/mol. The topological polar surface area (TPSA) is 26.0 Å².